The summed E-state index contributed by atoms with van der Waals surface area (Å²) in [6, 6.07) is -0.901. The van der Waals surface area contributed by atoms with Crippen LogP contribution in [0.25, 0.3) is 0 Å². The van der Waals surface area contributed by atoms with Crippen LogP contribution in [0.5, 0.6) is 0 Å². The molecule has 0 aliphatic carbocycles. The van der Waals surface area contributed by atoms with E-state index >= 15 is 0 Å². The summed E-state index contributed by atoms with van der Waals surface area (Å²) in [5, 5.41) is 11.2. The first-order chi connectivity index (χ1) is 6.32. The molecule has 2 N–H and O–H groups in total. The Morgan fingerprint density at radius 3 is 2.13 bits per heavy atom. The van der Waals surface area contributed by atoms with Gasteiger partial charge in [-0.05, 0) is 0 Å². The largest absolute Gasteiger partial charge is 0.453 e. The Labute approximate surface area is 96.6 Å². The van der Waals surface area contributed by atoms with E-state index in [1.54, 1.807) is 20.8 Å². The fourth-order valence-electron chi connectivity index (χ4n) is 0.918. The second-order valence-corrected chi connectivity index (χ2v) is 3.99. The van der Waals surface area contributed by atoms with E-state index in [0.29, 0.717) is 0 Å². The quantitative estimate of drug-likeness (QED) is 0.746. The molecule has 0 saturated carbocycles. The molecule has 6 heteroatoms. The van der Waals surface area contributed by atoms with Gasteiger partial charge in [-0.3, -0.25) is 4.79 Å². The number of Topliss-reactive ketones (excluding diaryl/α,β-unsaturated/α-hetero) is 1. The molecule has 0 aliphatic heterocycles. The average Bonchev–Trinajstić information content (AvgIpc) is 2.11. The number of aliphatic hydroxyl groups excluding tert-OH is 1. The first-order valence-corrected chi connectivity index (χ1v) is 4.32. The van der Waals surface area contributed by atoms with Gasteiger partial charge in [-0.2, -0.15) is 13.5 Å². The first-order valence-electron chi connectivity index (χ1n) is 4.32. The number of rotatable bonds is 3. The van der Waals surface area contributed by atoms with Crippen molar-refractivity contribution >= 4 is 25.4 Å². The monoisotopic (exact) mass is 237 g/mol. The van der Waals surface area contributed by atoms with Crippen molar-refractivity contribution in [1.29, 1.82) is 0 Å². The number of hydrogen-bond acceptors (Lipinski definition) is 4. The zero-order valence-corrected chi connectivity index (χ0v) is 10.5. The SMILES string of the molecule is COC(=O)N[C@@H](CO)C(=O)C(C)(C)C.S. The zero-order valence-electron chi connectivity index (χ0n) is 9.46. The first kappa shape index (κ1) is 16.7. The van der Waals surface area contributed by atoms with Crippen LogP contribution in [0, 0.1) is 5.41 Å². The normalized spacial score (nSPS) is 12.3. The Morgan fingerprint density at radius 2 is 1.87 bits per heavy atom. The fraction of sp³-hybridized carbons (Fsp3) is 0.778. The summed E-state index contributed by atoms with van der Waals surface area (Å²) in [7, 11) is 1.20. The maximum atomic E-state index is 11.6. The van der Waals surface area contributed by atoms with Gasteiger partial charge in [0, 0.05) is 5.41 Å². The van der Waals surface area contributed by atoms with Gasteiger partial charge < -0.3 is 15.2 Å². The number of ether oxygens (including phenoxy) is 1. The molecular weight excluding hydrogens is 218 g/mol. The second kappa shape index (κ2) is 6.68. The van der Waals surface area contributed by atoms with Crippen molar-refractivity contribution in [2.75, 3.05) is 13.7 Å². The molecule has 90 valence electrons. The molecule has 1 amide bonds. The fourth-order valence-corrected chi connectivity index (χ4v) is 0.918. The van der Waals surface area contributed by atoms with E-state index in [2.05, 4.69) is 10.1 Å². The number of alkyl carbamates (subject to hydrolysis) is 1. The van der Waals surface area contributed by atoms with Gasteiger partial charge in [-0.25, -0.2) is 4.79 Å². The van der Waals surface area contributed by atoms with Crippen molar-refractivity contribution < 1.29 is 19.4 Å². The molecule has 0 rings (SSSR count). The lowest BCUT2D eigenvalue weighted by atomic mass is 9.87. The third kappa shape index (κ3) is 5.64. The predicted octanol–water partition coefficient (Wildman–Crippen LogP) is 0.431. The molecule has 1 atom stereocenters. The molecule has 0 aromatic heterocycles. The summed E-state index contributed by atoms with van der Waals surface area (Å²) in [5.41, 5.74) is -0.603. The zero-order chi connectivity index (χ0) is 11.4. The van der Waals surface area contributed by atoms with Gasteiger partial charge in [0.15, 0.2) is 5.78 Å². The molecule has 0 heterocycles. The van der Waals surface area contributed by atoms with Gasteiger partial charge >= 0.3 is 6.09 Å². The minimum atomic E-state index is -0.901. The summed E-state index contributed by atoms with van der Waals surface area (Å²) in [4.78, 5) is 22.4. The number of amides is 1. The summed E-state index contributed by atoms with van der Waals surface area (Å²) in [6.45, 7) is 4.73. The minimum absolute atomic E-state index is 0. The molecule has 0 saturated heterocycles. The van der Waals surface area contributed by atoms with Crippen LogP contribution in [-0.2, 0) is 9.53 Å². The van der Waals surface area contributed by atoms with Crippen LogP contribution < -0.4 is 5.32 Å². The molecule has 0 unspecified atom stereocenters. The third-order valence-electron chi connectivity index (χ3n) is 1.72. The molecule has 0 spiro atoms. The molecule has 5 nitrogen and oxygen atoms in total. The Morgan fingerprint density at radius 1 is 1.40 bits per heavy atom. The van der Waals surface area contributed by atoms with Crippen LogP contribution in [0.4, 0.5) is 4.79 Å². The maximum Gasteiger partial charge on any atom is 0.407 e. The molecule has 0 fully saturated rings. The lowest BCUT2D eigenvalue weighted by molar-refractivity contribution is -0.129. The van der Waals surface area contributed by atoms with Crippen molar-refractivity contribution in [1.82, 2.24) is 5.32 Å². The molecule has 0 aliphatic rings. The van der Waals surface area contributed by atoms with Crippen LogP contribution in [0.2, 0.25) is 0 Å². The molecular formula is C9H19NO4S. The van der Waals surface area contributed by atoms with E-state index in [9.17, 15) is 9.59 Å². The van der Waals surface area contributed by atoms with Crippen molar-refractivity contribution in [3.63, 3.8) is 0 Å². The standard InChI is InChI=1S/C9H17NO4.H2S/c1-9(2,3)7(12)6(5-11)10-8(13)14-4;/h6,11H,5H2,1-4H3,(H,10,13);1H2/t6-;/m0./s1. The maximum absolute atomic E-state index is 11.6. The van der Waals surface area contributed by atoms with Crippen molar-refractivity contribution in [2.24, 2.45) is 5.41 Å². The van der Waals surface area contributed by atoms with Crippen LogP contribution in [0.1, 0.15) is 20.8 Å². The Bertz CT molecular complexity index is 225. The van der Waals surface area contributed by atoms with E-state index in [0.717, 1.165) is 0 Å². The van der Waals surface area contributed by atoms with E-state index in [1.807, 2.05) is 0 Å². The summed E-state index contributed by atoms with van der Waals surface area (Å²) >= 11 is 0. The molecule has 0 aromatic rings. The Kier molecular flexibility index (Phi) is 7.43. The highest BCUT2D eigenvalue weighted by atomic mass is 32.1. The van der Waals surface area contributed by atoms with Crippen LogP contribution >= 0.6 is 13.5 Å². The van der Waals surface area contributed by atoms with Gasteiger partial charge in [-0.15, -0.1) is 0 Å². The summed E-state index contributed by atoms with van der Waals surface area (Å²) < 4.78 is 4.33. The van der Waals surface area contributed by atoms with Crippen molar-refractivity contribution in [3.05, 3.63) is 0 Å². The van der Waals surface area contributed by atoms with Crippen molar-refractivity contribution in [3.8, 4) is 0 Å². The van der Waals surface area contributed by atoms with Gasteiger partial charge in [0.2, 0.25) is 0 Å². The highest BCUT2D eigenvalue weighted by molar-refractivity contribution is 7.59. The number of hydrogen-bond donors (Lipinski definition) is 2. The molecule has 15 heavy (non-hydrogen) atoms. The van der Waals surface area contributed by atoms with E-state index < -0.39 is 24.2 Å². The predicted molar refractivity (Wildman–Crippen MR) is 61.3 cm³/mol. The van der Waals surface area contributed by atoms with Crippen molar-refractivity contribution in [2.45, 2.75) is 26.8 Å². The van der Waals surface area contributed by atoms with Crippen LogP contribution in [0.15, 0.2) is 0 Å². The van der Waals surface area contributed by atoms with Crippen LogP contribution in [-0.4, -0.2) is 36.7 Å². The number of carbonyl (C=O) groups excluding carboxylic acids is 2. The highest BCUT2D eigenvalue weighted by Crippen LogP contribution is 2.16. The number of nitrogens with one attached hydrogen (secondary N) is 1. The van der Waals surface area contributed by atoms with Gasteiger partial charge in [0.05, 0.1) is 13.7 Å². The topological polar surface area (TPSA) is 75.6 Å². The van der Waals surface area contributed by atoms with E-state index in [4.69, 9.17) is 5.11 Å². The van der Waals surface area contributed by atoms with Crippen LogP contribution in [0.3, 0.4) is 0 Å². The smallest absolute Gasteiger partial charge is 0.407 e. The van der Waals surface area contributed by atoms with E-state index in [1.165, 1.54) is 7.11 Å². The Hall–Kier alpha value is -0.750. The summed E-state index contributed by atoms with van der Waals surface area (Å²) in [6.07, 6.45) is -0.721. The average molecular weight is 237 g/mol. The lowest BCUT2D eigenvalue weighted by Gasteiger charge is -2.23. The summed E-state index contributed by atoms with van der Waals surface area (Å²) in [5.74, 6) is -0.231. The van der Waals surface area contributed by atoms with Gasteiger partial charge in [0.25, 0.3) is 0 Å². The Balaban J connectivity index is 0. The number of ketones is 1. The second-order valence-electron chi connectivity index (χ2n) is 3.99. The van der Waals surface area contributed by atoms with Gasteiger partial charge in [-0.1, -0.05) is 20.8 Å². The molecule has 0 radical (unpaired) electrons. The number of aliphatic hydroxyl groups is 1. The van der Waals surface area contributed by atoms with Gasteiger partial charge in [0.1, 0.15) is 6.04 Å². The van der Waals surface area contributed by atoms with E-state index in [-0.39, 0.29) is 19.3 Å². The highest BCUT2D eigenvalue weighted by Gasteiger charge is 2.30. The minimum Gasteiger partial charge on any atom is -0.453 e. The number of carbonyl (C=O) groups is 2. The molecule has 0 aromatic carbocycles. The lowest BCUT2D eigenvalue weighted by Crippen LogP contribution is -2.47. The third-order valence-corrected chi connectivity index (χ3v) is 1.72. The number of methoxy groups -OCH3 is 1. The molecule has 0 bridgehead atoms.